The van der Waals surface area contributed by atoms with Crippen molar-refractivity contribution >= 4 is 5.91 Å². The maximum Gasteiger partial charge on any atom is 0.253 e. The van der Waals surface area contributed by atoms with Gasteiger partial charge < -0.3 is 15.0 Å². The minimum Gasteiger partial charge on any atom is -0.496 e. The summed E-state index contributed by atoms with van der Waals surface area (Å²) in [6.07, 6.45) is 0. The molecule has 0 fully saturated rings. The quantitative estimate of drug-likeness (QED) is 0.943. The zero-order valence-electron chi connectivity index (χ0n) is 12.9. The van der Waals surface area contributed by atoms with Crippen molar-refractivity contribution in [2.45, 2.75) is 19.6 Å². The number of nitrogens with zero attached hydrogens (tertiary/aromatic N) is 1. The highest BCUT2D eigenvalue weighted by molar-refractivity contribution is 5.94. The lowest BCUT2D eigenvalue weighted by atomic mass is 10.1. The second-order valence-electron chi connectivity index (χ2n) is 5.56. The molecule has 2 aromatic rings. The topological polar surface area (TPSA) is 41.6 Å². The van der Waals surface area contributed by atoms with Crippen LogP contribution < -0.4 is 10.1 Å². The average Bonchev–Trinajstić information content (AvgIpc) is 3.02. The number of hydrogen-bond donors (Lipinski definition) is 1. The Morgan fingerprint density at radius 1 is 1.18 bits per heavy atom. The number of hydrogen-bond acceptors (Lipinski definition) is 3. The first-order chi connectivity index (χ1) is 10.7. The highest BCUT2D eigenvalue weighted by Crippen LogP contribution is 2.21. The number of para-hydroxylation sites is 1. The first-order valence-corrected chi connectivity index (χ1v) is 7.39. The largest absolute Gasteiger partial charge is 0.496 e. The number of methoxy groups -OCH3 is 1. The molecule has 0 radical (unpaired) electrons. The molecule has 1 amide bonds. The maximum absolute atomic E-state index is 12.6. The molecule has 0 bridgehead atoms. The lowest BCUT2D eigenvalue weighted by Crippen LogP contribution is -2.26. The van der Waals surface area contributed by atoms with Crippen molar-refractivity contribution in [3.8, 4) is 5.75 Å². The summed E-state index contributed by atoms with van der Waals surface area (Å²) in [4.78, 5) is 14.3. The Hall–Kier alpha value is -2.33. The van der Waals surface area contributed by atoms with E-state index in [2.05, 4.69) is 5.32 Å². The smallest absolute Gasteiger partial charge is 0.253 e. The lowest BCUT2D eigenvalue weighted by molar-refractivity contribution is 0.0784. The van der Waals surface area contributed by atoms with Gasteiger partial charge in [0.15, 0.2) is 0 Å². The minimum absolute atomic E-state index is 0.0283. The van der Waals surface area contributed by atoms with E-state index in [0.29, 0.717) is 6.54 Å². The second-order valence-corrected chi connectivity index (χ2v) is 5.56. The number of carbonyl (C=O) groups excluding carboxylic acids is 1. The van der Waals surface area contributed by atoms with Crippen LogP contribution in [0.4, 0.5) is 0 Å². The SMILES string of the molecule is COc1ccccc1CN(C)C(=O)c1ccc2c(c1)CNC2. The molecule has 0 aliphatic carbocycles. The van der Waals surface area contributed by atoms with Crippen molar-refractivity contribution in [3.05, 3.63) is 64.7 Å². The van der Waals surface area contributed by atoms with E-state index in [1.807, 2.05) is 49.5 Å². The Balaban J connectivity index is 1.77. The summed E-state index contributed by atoms with van der Waals surface area (Å²) >= 11 is 0. The maximum atomic E-state index is 12.6. The number of amides is 1. The molecule has 22 heavy (non-hydrogen) atoms. The zero-order valence-corrected chi connectivity index (χ0v) is 12.9. The van der Waals surface area contributed by atoms with Gasteiger partial charge in [-0.25, -0.2) is 0 Å². The standard InChI is InChI=1S/C18H20N2O2/c1-20(12-15-5-3-4-6-17(15)22-2)18(21)13-7-8-14-10-19-11-16(14)9-13/h3-9,19H,10-12H2,1-2H3. The average molecular weight is 296 g/mol. The van der Waals surface area contributed by atoms with Gasteiger partial charge in [0.05, 0.1) is 7.11 Å². The molecule has 0 atom stereocenters. The lowest BCUT2D eigenvalue weighted by Gasteiger charge is -2.19. The van der Waals surface area contributed by atoms with Crippen LogP contribution in [0.5, 0.6) is 5.75 Å². The van der Waals surface area contributed by atoms with Crippen LogP contribution in [-0.4, -0.2) is 25.0 Å². The Morgan fingerprint density at radius 2 is 1.95 bits per heavy atom. The molecule has 114 valence electrons. The van der Waals surface area contributed by atoms with E-state index in [-0.39, 0.29) is 5.91 Å². The molecule has 0 saturated carbocycles. The summed E-state index contributed by atoms with van der Waals surface area (Å²) in [5.74, 6) is 0.834. The van der Waals surface area contributed by atoms with Gasteiger partial charge in [-0.1, -0.05) is 24.3 Å². The van der Waals surface area contributed by atoms with Gasteiger partial charge in [-0.3, -0.25) is 4.79 Å². The van der Waals surface area contributed by atoms with Crippen LogP contribution in [0.15, 0.2) is 42.5 Å². The van der Waals surface area contributed by atoms with Gasteiger partial charge in [0, 0.05) is 37.8 Å². The molecule has 1 heterocycles. The van der Waals surface area contributed by atoms with Gasteiger partial charge in [0.25, 0.3) is 5.91 Å². The van der Waals surface area contributed by atoms with Gasteiger partial charge in [0.2, 0.25) is 0 Å². The van der Waals surface area contributed by atoms with Crippen molar-refractivity contribution in [2.75, 3.05) is 14.2 Å². The molecular weight excluding hydrogens is 276 g/mol. The fourth-order valence-electron chi connectivity index (χ4n) is 2.81. The number of fused-ring (bicyclic) bond motifs is 1. The van der Waals surface area contributed by atoms with E-state index < -0.39 is 0 Å². The van der Waals surface area contributed by atoms with E-state index in [9.17, 15) is 4.79 Å². The summed E-state index contributed by atoms with van der Waals surface area (Å²) < 4.78 is 5.35. The van der Waals surface area contributed by atoms with Crippen molar-refractivity contribution in [1.29, 1.82) is 0 Å². The van der Waals surface area contributed by atoms with Crippen LogP contribution in [-0.2, 0) is 19.6 Å². The number of rotatable bonds is 4. The van der Waals surface area contributed by atoms with E-state index >= 15 is 0 Å². The molecule has 4 nitrogen and oxygen atoms in total. The molecular formula is C18H20N2O2. The van der Waals surface area contributed by atoms with Crippen LogP contribution in [0, 0.1) is 0 Å². The number of carbonyl (C=O) groups is 1. The third kappa shape index (κ3) is 2.83. The normalized spacial score (nSPS) is 12.8. The molecule has 1 N–H and O–H groups in total. The van der Waals surface area contributed by atoms with E-state index in [4.69, 9.17) is 4.74 Å². The summed E-state index contributed by atoms with van der Waals surface area (Å²) in [5, 5.41) is 3.30. The molecule has 1 aliphatic rings. The summed E-state index contributed by atoms with van der Waals surface area (Å²) in [5.41, 5.74) is 4.24. The fourth-order valence-corrected chi connectivity index (χ4v) is 2.81. The fraction of sp³-hybridized carbons (Fsp3) is 0.278. The van der Waals surface area contributed by atoms with Crippen LogP contribution in [0.25, 0.3) is 0 Å². The minimum atomic E-state index is 0.0283. The van der Waals surface area contributed by atoms with Crippen LogP contribution in [0.2, 0.25) is 0 Å². The monoisotopic (exact) mass is 296 g/mol. The molecule has 0 aromatic heterocycles. The Bertz CT molecular complexity index is 697. The molecule has 0 saturated heterocycles. The molecule has 0 spiro atoms. The predicted molar refractivity (Wildman–Crippen MR) is 85.8 cm³/mol. The van der Waals surface area contributed by atoms with Gasteiger partial charge in [0.1, 0.15) is 5.75 Å². The molecule has 4 heteroatoms. The van der Waals surface area contributed by atoms with Crippen LogP contribution in [0.3, 0.4) is 0 Å². The predicted octanol–water partition coefficient (Wildman–Crippen LogP) is 2.57. The van der Waals surface area contributed by atoms with E-state index in [1.165, 1.54) is 11.1 Å². The Morgan fingerprint density at radius 3 is 2.77 bits per heavy atom. The highest BCUT2D eigenvalue weighted by Gasteiger charge is 2.17. The first kappa shape index (κ1) is 14.6. The van der Waals surface area contributed by atoms with Gasteiger partial charge in [-0.05, 0) is 29.3 Å². The summed E-state index contributed by atoms with van der Waals surface area (Å²) in [6.45, 7) is 2.26. The van der Waals surface area contributed by atoms with Crippen LogP contribution >= 0.6 is 0 Å². The number of nitrogens with one attached hydrogen (secondary N) is 1. The van der Waals surface area contributed by atoms with Crippen molar-refractivity contribution < 1.29 is 9.53 Å². The summed E-state index contributed by atoms with van der Waals surface area (Å²) in [7, 11) is 3.47. The van der Waals surface area contributed by atoms with Crippen molar-refractivity contribution in [1.82, 2.24) is 10.2 Å². The number of ether oxygens (including phenoxy) is 1. The van der Waals surface area contributed by atoms with E-state index in [0.717, 1.165) is 30.0 Å². The van der Waals surface area contributed by atoms with E-state index in [1.54, 1.807) is 12.0 Å². The third-order valence-electron chi connectivity index (χ3n) is 4.03. The van der Waals surface area contributed by atoms with Gasteiger partial charge >= 0.3 is 0 Å². The van der Waals surface area contributed by atoms with Gasteiger partial charge in [-0.15, -0.1) is 0 Å². The van der Waals surface area contributed by atoms with Crippen molar-refractivity contribution in [3.63, 3.8) is 0 Å². The third-order valence-corrected chi connectivity index (χ3v) is 4.03. The van der Waals surface area contributed by atoms with Gasteiger partial charge in [-0.2, -0.15) is 0 Å². The second kappa shape index (κ2) is 6.20. The Labute approximate surface area is 130 Å². The van der Waals surface area contributed by atoms with Crippen molar-refractivity contribution in [2.24, 2.45) is 0 Å². The first-order valence-electron chi connectivity index (χ1n) is 7.39. The molecule has 2 aromatic carbocycles. The summed E-state index contributed by atoms with van der Waals surface area (Å²) in [6, 6.07) is 13.7. The molecule has 1 aliphatic heterocycles. The highest BCUT2D eigenvalue weighted by atomic mass is 16.5. The van der Waals surface area contributed by atoms with Crippen LogP contribution in [0.1, 0.15) is 27.0 Å². The molecule has 0 unspecified atom stereocenters. The zero-order chi connectivity index (χ0) is 15.5. The Kier molecular flexibility index (Phi) is 4.11. The molecule has 3 rings (SSSR count). The number of benzene rings is 2.